The minimum atomic E-state index is -3.13. The summed E-state index contributed by atoms with van der Waals surface area (Å²) in [6.45, 7) is 0.564. The van der Waals surface area contributed by atoms with Gasteiger partial charge in [-0.3, -0.25) is 8.71 Å². The van der Waals surface area contributed by atoms with Gasteiger partial charge in [0.25, 0.3) is 0 Å². The van der Waals surface area contributed by atoms with Crippen LogP contribution in [0, 0.1) is 0 Å². The largest absolute Gasteiger partial charge is 0.288 e. The van der Waals surface area contributed by atoms with Gasteiger partial charge in [0.05, 0.1) is 11.4 Å². The third-order valence-corrected chi connectivity index (χ3v) is 5.75. The van der Waals surface area contributed by atoms with E-state index in [1.807, 2.05) is 47.0 Å². The first-order valence-corrected chi connectivity index (χ1v) is 8.65. The highest BCUT2D eigenvalue weighted by molar-refractivity contribution is 7.93. The van der Waals surface area contributed by atoms with Gasteiger partial charge in [0.15, 0.2) is 5.65 Å². The predicted molar refractivity (Wildman–Crippen MR) is 84.2 cm³/mol. The molecular weight excluding hydrogens is 300 g/mol. The van der Waals surface area contributed by atoms with Crippen LogP contribution in [0.15, 0.2) is 48.9 Å². The van der Waals surface area contributed by atoms with Gasteiger partial charge in [-0.25, -0.2) is 8.42 Å². The van der Waals surface area contributed by atoms with Gasteiger partial charge < -0.3 is 0 Å². The second kappa shape index (κ2) is 4.81. The molecule has 0 radical (unpaired) electrons. The summed E-state index contributed by atoms with van der Waals surface area (Å²) in [4.78, 5) is 0. The van der Waals surface area contributed by atoms with E-state index in [4.69, 9.17) is 0 Å². The van der Waals surface area contributed by atoms with Crippen LogP contribution in [0.5, 0.6) is 0 Å². The maximum Gasteiger partial charge on any atom is 0.235 e. The van der Waals surface area contributed by atoms with Crippen LogP contribution in [0.3, 0.4) is 0 Å². The van der Waals surface area contributed by atoms with Crippen molar-refractivity contribution in [2.75, 3.05) is 16.6 Å². The molecule has 22 heavy (non-hydrogen) atoms. The van der Waals surface area contributed by atoms with Crippen LogP contribution >= 0.6 is 0 Å². The Morgan fingerprint density at radius 1 is 1.00 bits per heavy atom. The topological polar surface area (TPSA) is 67.6 Å². The normalized spacial score (nSPS) is 17.2. The molecule has 112 valence electrons. The number of fused-ring (bicyclic) bond motifs is 1. The van der Waals surface area contributed by atoms with Crippen molar-refractivity contribution in [3.8, 4) is 11.1 Å². The molecule has 0 atom stereocenters. The zero-order chi connectivity index (χ0) is 15.2. The average molecular weight is 314 g/mol. The fraction of sp³-hybridized carbons (Fsp3) is 0.200. The molecule has 0 spiro atoms. The van der Waals surface area contributed by atoms with Gasteiger partial charge in [0.1, 0.15) is 6.33 Å². The Labute approximate surface area is 128 Å². The first kappa shape index (κ1) is 13.3. The summed E-state index contributed by atoms with van der Waals surface area (Å²) in [5.41, 5.74) is 3.58. The number of sulfonamides is 1. The number of hydrogen-bond donors (Lipinski definition) is 0. The van der Waals surface area contributed by atoms with Gasteiger partial charge in [-0.15, -0.1) is 10.2 Å². The Bertz CT molecular complexity index is 932. The zero-order valence-electron chi connectivity index (χ0n) is 11.8. The van der Waals surface area contributed by atoms with Crippen molar-refractivity contribution >= 4 is 21.4 Å². The third-order valence-electron chi connectivity index (χ3n) is 3.88. The minimum absolute atomic E-state index is 0.235. The van der Waals surface area contributed by atoms with Crippen LogP contribution in [0.4, 0.5) is 5.69 Å². The van der Waals surface area contributed by atoms with E-state index in [1.54, 1.807) is 6.33 Å². The van der Waals surface area contributed by atoms with Crippen molar-refractivity contribution in [2.45, 2.75) is 6.42 Å². The minimum Gasteiger partial charge on any atom is -0.288 e. The average Bonchev–Trinajstić information content (AvgIpc) is 3.12. The molecule has 0 amide bonds. The number of aromatic nitrogens is 3. The zero-order valence-corrected chi connectivity index (χ0v) is 12.6. The molecular formula is C15H14N4O2S. The van der Waals surface area contributed by atoms with Crippen molar-refractivity contribution < 1.29 is 8.42 Å². The predicted octanol–water partition coefficient (Wildman–Crippen LogP) is 1.94. The SMILES string of the molecule is O=S1(=O)CCCN1c1ccc(-c2ccc3nncn3c2)cc1. The first-order chi connectivity index (χ1) is 10.6. The lowest BCUT2D eigenvalue weighted by atomic mass is 10.1. The van der Waals surface area contributed by atoms with Gasteiger partial charge >= 0.3 is 0 Å². The summed E-state index contributed by atoms with van der Waals surface area (Å²) in [5, 5.41) is 7.83. The number of benzene rings is 1. The van der Waals surface area contributed by atoms with Crippen molar-refractivity contribution in [1.82, 2.24) is 14.6 Å². The molecule has 7 heteroatoms. The molecule has 6 nitrogen and oxygen atoms in total. The van der Waals surface area contributed by atoms with Crippen molar-refractivity contribution in [2.24, 2.45) is 0 Å². The number of nitrogens with zero attached hydrogens (tertiary/aromatic N) is 4. The monoisotopic (exact) mass is 314 g/mol. The van der Waals surface area contributed by atoms with Crippen LogP contribution in [0.2, 0.25) is 0 Å². The van der Waals surface area contributed by atoms with Crippen molar-refractivity contribution in [1.29, 1.82) is 0 Å². The summed E-state index contributed by atoms with van der Waals surface area (Å²) >= 11 is 0. The molecule has 4 rings (SSSR count). The van der Waals surface area contributed by atoms with E-state index in [0.717, 1.165) is 22.5 Å². The molecule has 0 saturated carbocycles. The molecule has 3 heterocycles. The van der Waals surface area contributed by atoms with E-state index in [9.17, 15) is 8.42 Å². The lowest BCUT2D eigenvalue weighted by Gasteiger charge is -2.17. The standard InChI is InChI=1S/C15H14N4O2S/c20-22(21)9-1-8-19(22)14-5-2-12(3-6-14)13-4-7-15-17-16-11-18(15)10-13/h2-7,10-11H,1,8-9H2. The van der Waals surface area contributed by atoms with Gasteiger partial charge in [-0.2, -0.15) is 0 Å². The van der Waals surface area contributed by atoms with E-state index in [-0.39, 0.29) is 5.75 Å². The van der Waals surface area contributed by atoms with Crippen LogP contribution in [-0.2, 0) is 10.0 Å². The summed E-state index contributed by atoms with van der Waals surface area (Å²) in [6.07, 6.45) is 4.30. The Morgan fingerprint density at radius 3 is 2.50 bits per heavy atom. The molecule has 1 aromatic carbocycles. The van der Waals surface area contributed by atoms with E-state index < -0.39 is 10.0 Å². The number of anilines is 1. The van der Waals surface area contributed by atoms with Gasteiger partial charge in [-0.05, 0) is 41.8 Å². The molecule has 1 fully saturated rings. The van der Waals surface area contributed by atoms with E-state index in [0.29, 0.717) is 13.0 Å². The van der Waals surface area contributed by atoms with Crippen molar-refractivity contribution in [3.05, 3.63) is 48.9 Å². The first-order valence-electron chi connectivity index (χ1n) is 7.04. The third kappa shape index (κ3) is 2.14. The van der Waals surface area contributed by atoms with E-state index in [2.05, 4.69) is 10.2 Å². The Kier molecular flexibility index (Phi) is 2.90. The van der Waals surface area contributed by atoms with Gasteiger partial charge in [0.2, 0.25) is 10.0 Å². The molecule has 3 aromatic rings. The maximum atomic E-state index is 11.9. The summed E-state index contributed by atoms with van der Waals surface area (Å²) < 4.78 is 27.2. The van der Waals surface area contributed by atoms with Crippen LogP contribution in [0.1, 0.15) is 6.42 Å². The molecule has 0 aliphatic carbocycles. The molecule has 0 bridgehead atoms. The fourth-order valence-electron chi connectivity index (χ4n) is 2.75. The molecule has 1 aliphatic rings. The van der Waals surface area contributed by atoms with Crippen LogP contribution in [0.25, 0.3) is 16.8 Å². The highest BCUT2D eigenvalue weighted by Crippen LogP contribution is 2.27. The smallest absolute Gasteiger partial charge is 0.235 e. The van der Waals surface area contributed by atoms with Crippen molar-refractivity contribution in [3.63, 3.8) is 0 Å². The van der Waals surface area contributed by atoms with E-state index >= 15 is 0 Å². The molecule has 0 N–H and O–H groups in total. The van der Waals surface area contributed by atoms with Crippen LogP contribution in [-0.4, -0.2) is 35.3 Å². The molecule has 1 saturated heterocycles. The van der Waals surface area contributed by atoms with E-state index in [1.165, 1.54) is 4.31 Å². The lowest BCUT2D eigenvalue weighted by molar-refractivity contribution is 0.599. The van der Waals surface area contributed by atoms with Gasteiger partial charge in [0, 0.05) is 12.7 Å². The summed E-state index contributed by atoms with van der Waals surface area (Å²) in [5.74, 6) is 0.235. The highest BCUT2D eigenvalue weighted by Gasteiger charge is 2.28. The summed E-state index contributed by atoms with van der Waals surface area (Å²) in [7, 11) is -3.13. The number of rotatable bonds is 2. The lowest BCUT2D eigenvalue weighted by Crippen LogP contribution is -2.24. The summed E-state index contributed by atoms with van der Waals surface area (Å²) in [6, 6.07) is 11.5. The molecule has 2 aromatic heterocycles. The number of pyridine rings is 1. The Balaban J connectivity index is 1.69. The Morgan fingerprint density at radius 2 is 1.77 bits per heavy atom. The molecule has 0 unspecified atom stereocenters. The highest BCUT2D eigenvalue weighted by atomic mass is 32.2. The number of hydrogen-bond acceptors (Lipinski definition) is 4. The quantitative estimate of drug-likeness (QED) is 0.725. The Hall–Kier alpha value is -2.41. The van der Waals surface area contributed by atoms with Gasteiger partial charge in [-0.1, -0.05) is 12.1 Å². The fourth-order valence-corrected chi connectivity index (χ4v) is 4.31. The second-order valence-corrected chi connectivity index (χ2v) is 7.32. The molecule has 1 aliphatic heterocycles. The second-order valence-electron chi connectivity index (χ2n) is 5.30. The maximum absolute atomic E-state index is 11.9. The van der Waals surface area contributed by atoms with Crippen LogP contribution < -0.4 is 4.31 Å².